The van der Waals surface area contributed by atoms with Gasteiger partial charge in [0.25, 0.3) is 0 Å². The molecular weight excluding hydrogens is 310 g/mol. The Morgan fingerprint density at radius 2 is 1.68 bits per heavy atom. The Kier molecular flexibility index (Phi) is 8.59. The minimum Gasteiger partial charge on any atom is -0.314 e. The van der Waals surface area contributed by atoms with Crippen molar-refractivity contribution in [3.63, 3.8) is 0 Å². The van der Waals surface area contributed by atoms with E-state index >= 15 is 0 Å². The fourth-order valence-electron chi connectivity index (χ4n) is 2.77. The maximum absolute atomic E-state index is 4.82. The number of piperidine rings is 1. The second-order valence-electron chi connectivity index (χ2n) is 8.13. The summed E-state index contributed by atoms with van der Waals surface area (Å²) in [7, 11) is 0. The average Bonchev–Trinajstić information content (AvgIpc) is 2.37. The number of likely N-dealkylation sites (tertiary alicyclic amines) is 1. The molecular formula is C17H37N3S2. The zero-order valence-electron chi connectivity index (χ0n) is 15.2. The Balaban J connectivity index is 2.32. The summed E-state index contributed by atoms with van der Waals surface area (Å²) in [4.78, 5) is 2.60. The van der Waals surface area contributed by atoms with Gasteiger partial charge < -0.3 is 15.5 Å². The first-order valence-corrected chi connectivity index (χ1v) is 9.58. The van der Waals surface area contributed by atoms with Gasteiger partial charge in [0.1, 0.15) is 0 Å². The first kappa shape index (κ1) is 20.6. The number of nitrogens with zero attached hydrogens (tertiary/aromatic N) is 1. The summed E-state index contributed by atoms with van der Waals surface area (Å²) in [5.41, 5.74) is 0. The van der Waals surface area contributed by atoms with Crippen LogP contribution in [0.4, 0.5) is 0 Å². The Morgan fingerprint density at radius 1 is 1.09 bits per heavy atom. The standard InChI is InChI=1S/C17H37N3S2/c1-14-6-10-20(11-7-14)12-15(17(4,5)22)19-9-8-18-13-16(2,3)21/h14-15,18-19,21-22H,6-13H2,1-5H3. The third-order valence-corrected chi connectivity index (χ3v) is 4.89. The molecule has 1 fully saturated rings. The molecule has 3 nitrogen and oxygen atoms in total. The molecule has 1 saturated heterocycles. The Morgan fingerprint density at radius 3 is 2.18 bits per heavy atom. The van der Waals surface area contributed by atoms with Crippen molar-refractivity contribution >= 4 is 25.3 Å². The molecule has 0 spiro atoms. The molecule has 22 heavy (non-hydrogen) atoms. The molecule has 0 aromatic carbocycles. The maximum atomic E-state index is 4.82. The van der Waals surface area contributed by atoms with E-state index in [0.29, 0.717) is 6.04 Å². The van der Waals surface area contributed by atoms with Crippen LogP contribution in [0.25, 0.3) is 0 Å². The van der Waals surface area contributed by atoms with Crippen molar-refractivity contribution in [1.82, 2.24) is 15.5 Å². The lowest BCUT2D eigenvalue weighted by atomic mass is 9.97. The van der Waals surface area contributed by atoms with Gasteiger partial charge in [0, 0.05) is 41.7 Å². The highest BCUT2D eigenvalue weighted by molar-refractivity contribution is 7.82. The van der Waals surface area contributed by atoms with E-state index in [9.17, 15) is 0 Å². The van der Waals surface area contributed by atoms with Gasteiger partial charge in [-0.25, -0.2) is 0 Å². The van der Waals surface area contributed by atoms with Gasteiger partial charge in [-0.2, -0.15) is 25.3 Å². The van der Waals surface area contributed by atoms with E-state index in [0.717, 1.165) is 32.1 Å². The summed E-state index contributed by atoms with van der Waals surface area (Å²) >= 11 is 9.35. The molecule has 0 saturated carbocycles. The molecule has 0 amide bonds. The predicted octanol–water partition coefficient (Wildman–Crippen LogP) is 2.68. The summed E-state index contributed by atoms with van der Waals surface area (Å²) < 4.78 is 0.0403. The quantitative estimate of drug-likeness (QED) is 0.382. The molecule has 0 aliphatic carbocycles. The highest BCUT2D eigenvalue weighted by atomic mass is 32.1. The van der Waals surface area contributed by atoms with Crippen LogP contribution in [0.15, 0.2) is 0 Å². The van der Waals surface area contributed by atoms with E-state index in [1.54, 1.807) is 0 Å². The fourth-order valence-corrected chi connectivity index (χ4v) is 3.05. The lowest BCUT2D eigenvalue weighted by Gasteiger charge is -2.38. The van der Waals surface area contributed by atoms with Gasteiger partial charge in [0.2, 0.25) is 0 Å². The van der Waals surface area contributed by atoms with E-state index in [-0.39, 0.29) is 9.49 Å². The van der Waals surface area contributed by atoms with Crippen molar-refractivity contribution in [2.45, 2.75) is 63.0 Å². The van der Waals surface area contributed by atoms with Gasteiger partial charge in [-0.15, -0.1) is 0 Å². The zero-order chi connectivity index (χ0) is 16.8. The smallest absolute Gasteiger partial charge is 0.0335 e. The summed E-state index contributed by atoms with van der Waals surface area (Å²) in [6.07, 6.45) is 2.66. The van der Waals surface area contributed by atoms with Gasteiger partial charge in [-0.3, -0.25) is 0 Å². The molecule has 1 aliphatic heterocycles. The Hall–Kier alpha value is 0.580. The first-order chi connectivity index (χ1) is 10.1. The van der Waals surface area contributed by atoms with Crippen LogP contribution in [0.3, 0.4) is 0 Å². The lowest BCUT2D eigenvalue weighted by molar-refractivity contribution is 0.167. The number of thiol groups is 2. The van der Waals surface area contributed by atoms with Crippen molar-refractivity contribution in [2.75, 3.05) is 39.3 Å². The third kappa shape index (κ3) is 9.02. The molecule has 1 rings (SSSR count). The number of rotatable bonds is 9. The topological polar surface area (TPSA) is 27.3 Å². The summed E-state index contributed by atoms with van der Waals surface area (Å²) in [6.45, 7) is 17.5. The van der Waals surface area contributed by atoms with Crippen LogP contribution in [0.5, 0.6) is 0 Å². The second kappa shape index (κ2) is 9.16. The molecule has 1 atom stereocenters. The maximum Gasteiger partial charge on any atom is 0.0335 e. The molecule has 2 N–H and O–H groups in total. The van der Waals surface area contributed by atoms with Gasteiger partial charge in [0.05, 0.1) is 0 Å². The third-order valence-electron chi connectivity index (χ3n) is 4.42. The molecule has 1 heterocycles. The van der Waals surface area contributed by atoms with Crippen molar-refractivity contribution in [3.8, 4) is 0 Å². The average molecular weight is 348 g/mol. The van der Waals surface area contributed by atoms with E-state index in [4.69, 9.17) is 12.6 Å². The van der Waals surface area contributed by atoms with E-state index < -0.39 is 0 Å². The molecule has 132 valence electrons. The van der Waals surface area contributed by atoms with Crippen LogP contribution in [0.2, 0.25) is 0 Å². The second-order valence-corrected chi connectivity index (χ2v) is 10.5. The lowest BCUT2D eigenvalue weighted by Crippen LogP contribution is -2.53. The minimum absolute atomic E-state index is 0.00806. The van der Waals surface area contributed by atoms with Gasteiger partial charge in [0.15, 0.2) is 0 Å². The normalized spacial score (nSPS) is 20.3. The SMILES string of the molecule is CC1CCN(CC(NCCNCC(C)(C)S)C(C)(C)S)CC1. The largest absolute Gasteiger partial charge is 0.314 e. The molecule has 5 heteroatoms. The van der Waals surface area contributed by atoms with Crippen LogP contribution in [-0.2, 0) is 0 Å². The summed E-state index contributed by atoms with van der Waals surface area (Å²) in [5.74, 6) is 0.889. The summed E-state index contributed by atoms with van der Waals surface area (Å²) in [5, 5.41) is 7.16. The monoisotopic (exact) mass is 347 g/mol. The van der Waals surface area contributed by atoms with Crippen LogP contribution >= 0.6 is 25.3 Å². The van der Waals surface area contributed by atoms with E-state index in [2.05, 4.69) is 62.8 Å². The first-order valence-electron chi connectivity index (χ1n) is 8.69. The molecule has 0 aromatic heterocycles. The van der Waals surface area contributed by atoms with Crippen LogP contribution in [-0.4, -0.2) is 59.7 Å². The molecule has 0 aromatic rings. The highest BCUT2D eigenvalue weighted by Gasteiger charge is 2.28. The van der Waals surface area contributed by atoms with Crippen molar-refractivity contribution in [2.24, 2.45) is 5.92 Å². The number of nitrogens with one attached hydrogen (secondary N) is 2. The van der Waals surface area contributed by atoms with Crippen LogP contribution in [0.1, 0.15) is 47.5 Å². The van der Waals surface area contributed by atoms with Crippen LogP contribution in [0, 0.1) is 5.92 Å². The van der Waals surface area contributed by atoms with Gasteiger partial charge >= 0.3 is 0 Å². The molecule has 1 unspecified atom stereocenters. The molecule has 0 radical (unpaired) electrons. The van der Waals surface area contributed by atoms with E-state index in [1.807, 2.05) is 0 Å². The number of hydrogen-bond donors (Lipinski definition) is 4. The van der Waals surface area contributed by atoms with Gasteiger partial charge in [-0.05, 0) is 59.5 Å². The van der Waals surface area contributed by atoms with Gasteiger partial charge in [-0.1, -0.05) is 6.92 Å². The summed E-state index contributed by atoms with van der Waals surface area (Å²) in [6, 6.07) is 0.412. The van der Waals surface area contributed by atoms with Crippen molar-refractivity contribution < 1.29 is 0 Å². The number of hydrogen-bond acceptors (Lipinski definition) is 5. The highest BCUT2D eigenvalue weighted by Crippen LogP contribution is 2.21. The predicted molar refractivity (Wildman–Crippen MR) is 106 cm³/mol. The van der Waals surface area contributed by atoms with Crippen molar-refractivity contribution in [1.29, 1.82) is 0 Å². The van der Waals surface area contributed by atoms with Crippen LogP contribution < -0.4 is 10.6 Å². The van der Waals surface area contributed by atoms with Crippen molar-refractivity contribution in [3.05, 3.63) is 0 Å². The Labute approximate surface area is 149 Å². The fraction of sp³-hybridized carbons (Fsp3) is 1.00. The molecule has 0 bridgehead atoms. The zero-order valence-corrected chi connectivity index (χ0v) is 16.9. The Bertz CT molecular complexity index is 302. The molecule has 1 aliphatic rings. The van der Waals surface area contributed by atoms with E-state index in [1.165, 1.54) is 25.9 Å². The minimum atomic E-state index is -0.00806.